The first kappa shape index (κ1) is 14.1. The predicted octanol–water partition coefficient (Wildman–Crippen LogP) is 3.82. The Morgan fingerprint density at radius 3 is 2.96 bits per heavy atom. The lowest BCUT2D eigenvalue weighted by molar-refractivity contribution is 0.554. The van der Waals surface area contributed by atoms with Crippen LogP contribution in [0.25, 0.3) is 21.6 Å². The highest BCUT2D eigenvalue weighted by Crippen LogP contribution is 2.26. The first-order chi connectivity index (χ1) is 11.3. The van der Waals surface area contributed by atoms with Gasteiger partial charge in [-0.05, 0) is 42.5 Å². The van der Waals surface area contributed by atoms with E-state index in [1.54, 1.807) is 11.3 Å². The Balaban J connectivity index is 1.40. The van der Waals surface area contributed by atoms with Gasteiger partial charge in [0.15, 0.2) is 0 Å². The summed E-state index contributed by atoms with van der Waals surface area (Å²) in [6, 6.07) is 10.2. The number of aromatic amines is 1. The molecule has 0 atom stereocenters. The lowest BCUT2D eigenvalue weighted by Gasteiger charge is -1.98. The van der Waals surface area contributed by atoms with Gasteiger partial charge in [0.1, 0.15) is 11.5 Å². The number of rotatable bonds is 5. The van der Waals surface area contributed by atoms with Gasteiger partial charge in [-0.25, -0.2) is 4.98 Å². The van der Waals surface area contributed by atoms with Gasteiger partial charge in [-0.2, -0.15) is 0 Å². The van der Waals surface area contributed by atoms with E-state index in [1.165, 1.54) is 10.4 Å². The van der Waals surface area contributed by atoms with Crippen molar-refractivity contribution in [1.82, 2.24) is 25.0 Å². The van der Waals surface area contributed by atoms with Gasteiger partial charge in [0.25, 0.3) is 0 Å². The van der Waals surface area contributed by atoms with Gasteiger partial charge in [0.2, 0.25) is 0 Å². The summed E-state index contributed by atoms with van der Waals surface area (Å²) in [6.07, 6.45) is 3.91. The van der Waals surface area contributed by atoms with Crippen LogP contribution in [-0.2, 0) is 13.0 Å². The Hall–Kier alpha value is -2.47. The van der Waals surface area contributed by atoms with Crippen LogP contribution in [0, 0.1) is 6.92 Å². The Morgan fingerprint density at radius 2 is 2.13 bits per heavy atom. The second-order valence-electron chi connectivity index (χ2n) is 5.60. The van der Waals surface area contributed by atoms with E-state index in [-0.39, 0.29) is 0 Å². The van der Waals surface area contributed by atoms with Crippen molar-refractivity contribution in [2.75, 3.05) is 0 Å². The number of hydrogen-bond acceptors (Lipinski definition) is 4. The summed E-state index contributed by atoms with van der Waals surface area (Å²) in [7, 11) is 0. The molecule has 1 aromatic carbocycles. The summed E-state index contributed by atoms with van der Waals surface area (Å²) in [6.45, 7) is 2.95. The van der Waals surface area contributed by atoms with E-state index in [9.17, 15) is 0 Å². The number of fused-ring (bicyclic) bond motifs is 1. The molecule has 6 heteroatoms. The summed E-state index contributed by atoms with van der Waals surface area (Å²) >= 11 is 1.71. The standard InChI is InChI=1S/C17H17N5S/c1-12-8-10-23-17(12)15-11-22(21-20-15)9-4-7-16-18-13-5-2-3-6-14(13)19-16/h2-3,5-6,8,10-11H,4,7,9H2,1H3,(H,18,19). The van der Waals surface area contributed by atoms with Crippen LogP contribution >= 0.6 is 11.3 Å². The number of aryl methyl sites for hydroxylation is 3. The first-order valence-electron chi connectivity index (χ1n) is 7.68. The van der Waals surface area contributed by atoms with Crippen LogP contribution in [0.4, 0.5) is 0 Å². The van der Waals surface area contributed by atoms with Crippen molar-refractivity contribution in [2.24, 2.45) is 0 Å². The van der Waals surface area contributed by atoms with Gasteiger partial charge in [0.05, 0.1) is 22.1 Å². The highest BCUT2D eigenvalue weighted by Gasteiger charge is 2.08. The first-order valence-corrected chi connectivity index (χ1v) is 8.56. The summed E-state index contributed by atoms with van der Waals surface area (Å²) in [5.74, 6) is 1.03. The normalized spacial score (nSPS) is 11.3. The molecule has 0 fully saturated rings. The highest BCUT2D eigenvalue weighted by atomic mass is 32.1. The molecule has 3 aromatic heterocycles. The van der Waals surface area contributed by atoms with Crippen molar-refractivity contribution >= 4 is 22.4 Å². The maximum atomic E-state index is 4.60. The average Bonchev–Trinajstić information content (AvgIpc) is 3.25. The number of nitrogens with one attached hydrogen (secondary N) is 1. The minimum atomic E-state index is 0.842. The van der Waals surface area contributed by atoms with Crippen molar-refractivity contribution in [3.05, 3.63) is 53.3 Å². The molecule has 0 saturated carbocycles. The van der Waals surface area contributed by atoms with E-state index in [4.69, 9.17) is 0 Å². The van der Waals surface area contributed by atoms with Gasteiger partial charge >= 0.3 is 0 Å². The van der Waals surface area contributed by atoms with Crippen LogP contribution < -0.4 is 0 Å². The second kappa shape index (κ2) is 5.96. The molecule has 4 aromatic rings. The van der Waals surface area contributed by atoms with Gasteiger partial charge in [-0.15, -0.1) is 16.4 Å². The van der Waals surface area contributed by atoms with Crippen molar-refractivity contribution in [1.29, 1.82) is 0 Å². The Bertz CT molecular complexity index is 900. The third-order valence-electron chi connectivity index (χ3n) is 3.87. The smallest absolute Gasteiger partial charge is 0.123 e. The lowest BCUT2D eigenvalue weighted by Crippen LogP contribution is -2.01. The fourth-order valence-corrected chi connectivity index (χ4v) is 3.56. The largest absolute Gasteiger partial charge is 0.342 e. The Labute approximate surface area is 138 Å². The molecular weight excluding hydrogens is 306 g/mol. The summed E-state index contributed by atoms with van der Waals surface area (Å²) < 4.78 is 1.91. The number of aromatic nitrogens is 5. The van der Waals surface area contributed by atoms with E-state index in [1.807, 2.05) is 29.1 Å². The predicted molar refractivity (Wildman–Crippen MR) is 92.5 cm³/mol. The highest BCUT2D eigenvalue weighted by molar-refractivity contribution is 7.13. The van der Waals surface area contributed by atoms with Crippen LogP contribution in [0.2, 0.25) is 0 Å². The number of imidazole rings is 1. The molecule has 0 radical (unpaired) electrons. The molecule has 0 aliphatic rings. The van der Waals surface area contributed by atoms with Crippen molar-refractivity contribution in [3.8, 4) is 10.6 Å². The van der Waals surface area contributed by atoms with Crippen LogP contribution in [0.3, 0.4) is 0 Å². The molecule has 0 spiro atoms. The van der Waals surface area contributed by atoms with Gasteiger partial charge in [-0.3, -0.25) is 4.68 Å². The fourth-order valence-electron chi connectivity index (χ4n) is 2.68. The molecule has 1 N–H and O–H groups in total. The molecule has 3 heterocycles. The molecule has 116 valence electrons. The van der Waals surface area contributed by atoms with Crippen LogP contribution in [0.1, 0.15) is 17.8 Å². The fraction of sp³-hybridized carbons (Fsp3) is 0.235. The minimum absolute atomic E-state index is 0.842. The summed E-state index contributed by atoms with van der Waals surface area (Å²) in [4.78, 5) is 9.17. The van der Waals surface area contributed by atoms with Gasteiger partial charge < -0.3 is 4.98 Å². The average molecular weight is 323 g/mol. The second-order valence-corrected chi connectivity index (χ2v) is 6.52. The minimum Gasteiger partial charge on any atom is -0.342 e. The number of nitrogens with zero attached hydrogens (tertiary/aromatic N) is 4. The monoisotopic (exact) mass is 323 g/mol. The van der Waals surface area contributed by atoms with Crippen LogP contribution in [0.15, 0.2) is 41.9 Å². The zero-order valence-corrected chi connectivity index (χ0v) is 13.7. The molecule has 4 rings (SSSR count). The van der Waals surface area contributed by atoms with E-state index >= 15 is 0 Å². The SMILES string of the molecule is Cc1ccsc1-c1cn(CCCc2nc3ccccc3[nH]2)nn1. The van der Waals surface area contributed by atoms with Gasteiger partial charge in [0, 0.05) is 13.0 Å². The van der Waals surface area contributed by atoms with Crippen molar-refractivity contribution < 1.29 is 0 Å². The van der Waals surface area contributed by atoms with E-state index in [0.717, 1.165) is 41.9 Å². The van der Waals surface area contributed by atoms with E-state index in [0.29, 0.717) is 0 Å². The number of hydrogen-bond donors (Lipinski definition) is 1. The van der Waals surface area contributed by atoms with Crippen molar-refractivity contribution in [3.63, 3.8) is 0 Å². The molecule has 23 heavy (non-hydrogen) atoms. The van der Waals surface area contributed by atoms with Crippen LogP contribution in [-0.4, -0.2) is 25.0 Å². The third kappa shape index (κ3) is 2.90. The molecular formula is C17H17N5S. The maximum absolute atomic E-state index is 4.60. The zero-order chi connectivity index (χ0) is 15.6. The van der Waals surface area contributed by atoms with Crippen LogP contribution in [0.5, 0.6) is 0 Å². The molecule has 5 nitrogen and oxygen atoms in total. The van der Waals surface area contributed by atoms with E-state index in [2.05, 4.69) is 44.7 Å². The quantitative estimate of drug-likeness (QED) is 0.607. The Morgan fingerprint density at radius 1 is 1.22 bits per heavy atom. The summed E-state index contributed by atoms with van der Waals surface area (Å²) in [5.41, 5.74) is 4.34. The topological polar surface area (TPSA) is 59.4 Å². The lowest BCUT2D eigenvalue weighted by atomic mass is 10.2. The molecule has 0 aliphatic carbocycles. The zero-order valence-electron chi connectivity index (χ0n) is 12.9. The molecule has 0 bridgehead atoms. The third-order valence-corrected chi connectivity index (χ3v) is 4.91. The summed E-state index contributed by atoms with van der Waals surface area (Å²) in [5, 5.41) is 10.6. The maximum Gasteiger partial charge on any atom is 0.123 e. The molecule has 0 aliphatic heterocycles. The van der Waals surface area contributed by atoms with Crippen molar-refractivity contribution in [2.45, 2.75) is 26.3 Å². The number of benzene rings is 1. The molecule has 0 saturated heterocycles. The molecule has 0 unspecified atom stereocenters. The van der Waals surface area contributed by atoms with E-state index < -0.39 is 0 Å². The number of para-hydroxylation sites is 2. The molecule has 0 amide bonds. The van der Waals surface area contributed by atoms with Gasteiger partial charge in [-0.1, -0.05) is 17.3 Å². The Kier molecular flexibility index (Phi) is 3.67. The number of thiophene rings is 1. The number of H-pyrrole nitrogens is 1.